The minimum atomic E-state index is -0.432. The molecule has 0 radical (unpaired) electrons. The van der Waals surface area contributed by atoms with Crippen molar-refractivity contribution in [3.8, 4) is 0 Å². The molecule has 0 bridgehead atoms. The molecule has 0 saturated heterocycles. The van der Waals surface area contributed by atoms with E-state index in [0.29, 0.717) is 19.1 Å². The van der Waals surface area contributed by atoms with Crippen molar-refractivity contribution in [1.82, 2.24) is 5.32 Å². The van der Waals surface area contributed by atoms with E-state index in [9.17, 15) is 9.36 Å². The quantitative estimate of drug-likeness (QED) is 0.613. The van der Waals surface area contributed by atoms with Crippen LogP contribution in [0.25, 0.3) is 0 Å². The first-order valence-electron chi connectivity index (χ1n) is 5.12. The fourth-order valence-corrected chi connectivity index (χ4v) is 1.45. The van der Waals surface area contributed by atoms with E-state index in [1.165, 1.54) is 0 Å². The molecule has 16 heavy (non-hydrogen) atoms. The van der Waals surface area contributed by atoms with E-state index in [4.69, 9.17) is 4.74 Å². The Kier molecular flexibility index (Phi) is 6.19. The second kappa shape index (κ2) is 7.83. The van der Waals surface area contributed by atoms with Gasteiger partial charge in [0.05, 0.1) is 0 Å². The van der Waals surface area contributed by atoms with Gasteiger partial charge in [0, 0.05) is 13.0 Å². The molecule has 0 spiro atoms. The van der Waals surface area contributed by atoms with Crippen LogP contribution in [0.4, 0.5) is 4.79 Å². The lowest BCUT2D eigenvalue weighted by Crippen LogP contribution is -2.25. The van der Waals surface area contributed by atoms with Gasteiger partial charge in [-0.3, -0.25) is 0 Å². The molecule has 1 atom stereocenters. The first kappa shape index (κ1) is 12.7. The van der Waals surface area contributed by atoms with Crippen molar-refractivity contribution in [3.63, 3.8) is 0 Å². The van der Waals surface area contributed by atoms with Crippen LogP contribution in [0.2, 0.25) is 0 Å². The number of hydrogen-bond donors (Lipinski definition) is 1. The molecule has 1 rings (SSSR count). The molecule has 1 amide bonds. The van der Waals surface area contributed by atoms with Gasteiger partial charge in [0.1, 0.15) is 12.8 Å². The maximum absolute atomic E-state index is 11.2. The van der Waals surface area contributed by atoms with Gasteiger partial charge < -0.3 is 10.1 Å². The minimum absolute atomic E-state index is 0.274. The van der Waals surface area contributed by atoms with Crippen molar-refractivity contribution in [2.45, 2.75) is 13.0 Å². The van der Waals surface area contributed by atoms with E-state index in [0.717, 1.165) is 5.56 Å². The Morgan fingerprint density at radius 1 is 1.31 bits per heavy atom. The summed E-state index contributed by atoms with van der Waals surface area (Å²) < 4.78 is 15.2. The molecule has 0 aliphatic heterocycles. The Balaban J connectivity index is 2.13. The minimum Gasteiger partial charge on any atom is -0.445 e. The maximum Gasteiger partial charge on any atom is 0.407 e. The lowest BCUT2D eigenvalue weighted by atomic mass is 10.2. The summed E-state index contributed by atoms with van der Waals surface area (Å²) in [6.07, 6.45) is 0.888. The average Bonchev–Trinajstić information content (AvgIpc) is 2.33. The van der Waals surface area contributed by atoms with E-state index >= 15 is 0 Å². The molecule has 0 fully saturated rings. The maximum atomic E-state index is 11.2. The highest BCUT2D eigenvalue weighted by Crippen LogP contribution is 2.00. The van der Waals surface area contributed by atoms with Crippen molar-refractivity contribution in [3.05, 3.63) is 35.9 Å². The Morgan fingerprint density at radius 2 is 2.06 bits per heavy atom. The van der Waals surface area contributed by atoms with E-state index in [2.05, 4.69) is 5.32 Å². The van der Waals surface area contributed by atoms with Gasteiger partial charge in [-0.15, -0.1) is 0 Å². The SMILES string of the molecule is O=[PH+]CCCNC(=O)OCc1ccccc1. The fourth-order valence-electron chi connectivity index (χ4n) is 1.13. The van der Waals surface area contributed by atoms with Crippen LogP contribution < -0.4 is 5.32 Å². The zero-order valence-electron chi connectivity index (χ0n) is 8.94. The summed E-state index contributed by atoms with van der Waals surface area (Å²) in [6, 6.07) is 9.49. The Hall–Kier alpha value is -1.41. The van der Waals surface area contributed by atoms with Gasteiger partial charge in [-0.05, 0) is 5.56 Å². The standard InChI is InChI=1S/C11H14NO3P/c13-11(12-7-4-8-16-14)15-9-10-5-2-1-3-6-10/h1-3,5-6H,4,7-9H2,(H,12,13)/p+1. The van der Waals surface area contributed by atoms with Crippen LogP contribution in [0.3, 0.4) is 0 Å². The largest absolute Gasteiger partial charge is 0.445 e. The van der Waals surface area contributed by atoms with Crippen LogP contribution in [0.1, 0.15) is 12.0 Å². The highest BCUT2D eigenvalue weighted by molar-refractivity contribution is 7.23. The molecular formula is C11H15NO3P+. The number of carbonyl (C=O) groups excluding carboxylic acids is 1. The average molecular weight is 240 g/mol. The first-order chi connectivity index (χ1) is 7.83. The lowest BCUT2D eigenvalue weighted by molar-refractivity contribution is 0.139. The highest BCUT2D eigenvalue weighted by atomic mass is 31.1. The number of nitrogens with one attached hydrogen (secondary N) is 1. The van der Waals surface area contributed by atoms with Crippen LogP contribution in [0.15, 0.2) is 30.3 Å². The Morgan fingerprint density at radius 3 is 2.75 bits per heavy atom. The van der Waals surface area contributed by atoms with Crippen molar-refractivity contribution in [1.29, 1.82) is 0 Å². The third kappa shape index (κ3) is 5.47. The number of carbonyl (C=O) groups is 1. The number of benzene rings is 1. The van der Waals surface area contributed by atoms with Crippen LogP contribution in [-0.4, -0.2) is 18.8 Å². The number of alkyl carbamates (subject to hydrolysis) is 1. The van der Waals surface area contributed by atoms with E-state index in [1.54, 1.807) is 0 Å². The summed E-state index contributed by atoms with van der Waals surface area (Å²) in [7, 11) is -0.302. The van der Waals surface area contributed by atoms with Crippen LogP contribution in [-0.2, 0) is 15.9 Å². The molecule has 0 aliphatic rings. The molecule has 86 valence electrons. The molecule has 1 aromatic rings. The van der Waals surface area contributed by atoms with Crippen molar-refractivity contribution in [2.24, 2.45) is 0 Å². The summed E-state index contributed by atoms with van der Waals surface area (Å²) in [5.74, 6) is 0. The van der Waals surface area contributed by atoms with Gasteiger partial charge in [-0.25, -0.2) is 4.79 Å². The third-order valence-corrected chi connectivity index (χ3v) is 2.50. The van der Waals surface area contributed by atoms with Crippen LogP contribution in [0.5, 0.6) is 0 Å². The zero-order chi connectivity index (χ0) is 11.6. The van der Waals surface area contributed by atoms with Crippen LogP contribution >= 0.6 is 8.46 Å². The third-order valence-electron chi connectivity index (χ3n) is 1.94. The lowest BCUT2D eigenvalue weighted by Gasteiger charge is -2.05. The molecule has 0 aromatic heterocycles. The molecule has 1 N–H and O–H groups in total. The summed E-state index contributed by atoms with van der Waals surface area (Å²) >= 11 is 0. The zero-order valence-corrected chi connectivity index (χ0v) is 9.94. The summed E-state index contributed by atoms with van der Waals surface area (Å²) in [5, 5.41) is 2.59. The van der Waals surface area contributed by atoms with Gasteiger partial charge in [-0.1, -0.05) is 34.9 Å². The number of rotatable bonds is 6. The van der Waals surface area contributed by atoms with Crippen molar-refractivity contribution < 1.29 is 14.1 Å². The van der Waals surface area contributed by atoms with Gasteiger partial charge in [0.2, 0.25) is 0 Å². The van der Waals surface area contributed by atoms with Gasteiger partial charge in [0.25, 0.3) is 0 Å². The molecule has 0 aliphatic carbocycles. The molecule has 4 nitrogen and oxygen atoms in total. The number of ether oxygens (including phenoxy) is 1. The highest BCUT2D eigenvalue weighted by Gasteiger charge is 2.02. The summed E-state index contributed by atoms with van der Waals surface area (Å²) in [4.78, 5) is 11.2. The molecule has 0 heterocycles. The monoisotopic (exact) mass is 240 g/mol. The van der Waals surface area contributed by atoms with Crippen molar-refractivity contribution >= 4 is 14.6 Å². The normalized spacial score (nSPS) is 10.0. The number of amides is 1. The molecule has 0 saturated carbocycles. The van der Waals surface area contributed by atoms with Crippen LogP contribution in [0, 0.1) is 0 Å². The molecule has 1 unspecified atom stereocenters. The second-order valence-corrected chi connectivity index (χ2v) is 4.03. The number of hydrogen-bond acceptors (Lipinski definition) is 3. The Bertz CT molecular complexity index is 329. The van der Waals surface area contributed by atoms with Gasteiger partial charge >= 0.3 is 14.6 Å². The molecule has 1 aromatic carbocycles. The fraction of sp³-hybridized carbons (Fsp3) is 0.364. The van der Waals surface area contributed by atoms with E-state index in [1.807, 2.05) is 30.3 Å². The predicted molar refractivity (Wildman–Crippen MR) is 63.1 cm³/mol. The van der Waals surface area contributed by atoms with Crippen molar-refractivity contribution in [2.75, 3.05) is 12.7 Å². The van der Waals surface area contributed by atoms with E-state index in [-0.39, 0.29) is 15.1 Å². The van der Waals surface area contributed by atoms with E-state index < -0.39 is 6.09 Å². The predicted octanol–water partition coefficient (Wildman–Crippen LogP) is 2.33. The first-order valence-corrected chi connectivity index (χ1v) is 6.24. The van der Waals surface area contributed by atoms with Gasteiger partial charge in [0.15, 0.2) is 0 Å². The Labute approximate surface area is 96.2 Å². The summed E-state index contributed by atoms with van der Waals surface area (Å²) in [5.41, 5.74) is 0.957. The summed E-state index contributed by atoms with van der Waals surface area (Å²) in [6.45, 7) is 0.777. The van der Waals surface area contributed by atoms with Gasteiger partial charge in [-0.2, -0.15) is 0 Å². The second-order valence-electron chi connectivity index (χ2n) is 3.24. The molecule has 5 heteroatoms. The molecular weight excluding hydrogens is 225 g/mol. The topological polar surface area (TPSA) is 55.4 Å². The smallest absolute Gasteiger partial charge is 0.407 e.